The minimum atomic E-state index is -0.0382. The average molecular weight is 307 g/mol. The van der Waals surface area contributed by atoms with Gasteiger partial charge in [0.1, 0.15) is 0 Å². The molecule has 2 rings (SSSR count). The highest BCUT2D eigenvalue weighted by Crippen LogP contribution is 2.34. The first-order valence-electron chi connectivity index (χ1n) is 8.63. The number of carbonyl (C=O) groups excluding carboxylic acids is 2. The van der Waals surface area contributed by atoms with Gasteiger partial charge in [0.2, 0.25) is 5.91 Å². The van der Waals surface area contributed by atoms with Crippen molar-refractivity contribution >= 4 is 11.9 Å². The summed E-state index contributed by atoms with van der Waals surface area (Å²) in [6.07, 6.45) is 9.36. The quantitative estimate of drug-likeness (QED) is 0.849. The molecule has 0 saturated carbocycles. The fourth-order valence-electron chi connectivity index (χ4n) is 3.42. The monoisotopic (exact) mass is 307 g/mol. The summed E-state index contributed by atoms with van der Waals surface area (Å²) in [4.78, 5) is 27.9. The van der Waals surface area contributed by atoms with Crippen LogP contribution in [0.1, 0.15) is 51.9 Å². The van der Waals surface area contributed by atoms with Crippen LogP contribution in [-0.4, -0.2) is 48.4 Å². The van der Waals surface area contributed by atoms with Gasteiger partial charge >= 0.3 is 6.03 Å². The van der Waals surface area contributed by atoms with Gasteiger partial charge in [-0.1, -0.05) is 13.0 Å². The van der Waals surface area contributed by atoms with E-state index in [1.807, 2.05) is 11.9 Å². The van der Waals surface area contributed by atoms with Crippen LogP contribution in [0.5, 0.6) is 0 Å². The molecule has 0 aromatic rings. The van der Waals surface area contributed by atoms with Crippen molar-refractivity contribution in [1.29, 1.82) is 0 Å². The van der Waals surface area contributed by atoms with Crippen molar-refractivity contribution in [2.45, 2.75) is 51.9 Å². The molecule has 0 aromatic heterocycles. The van der Waals surface area contributed by atoms with Gasteiger partial charge < -0.3 is 10.2 Å². The third-order valence-electron chi connectivity index (χ3n) is 4.62. The van der Waals surface area contributed by atoms with Gasteiger partial charge in [-0.3, -0.25) is 9.69 Å². The molecule has 1 aliphatic carbocycles. The number of carbonyl (C=O) groups is 2. The summed E-state index contributed by atoms with van der Waals surface area (Å²) in [6, 6.07) is -0.0382. The summed E-state index contributed by atoms with van der Waals surface area (Å²) in [5.74, 6) is 0.654. The largest absolute Gasteiger partial charge is 0.346 e. The molecule has 1 saturated heterocycles. The molecule has 5 nitrogen and oxygen atoms in total. The maximum Gasteiger partial charge on any atom is 0.321 e. The molecule has 3 amide bonds. The van der Waals surface area contributed by atoms with E-state index in [1.54, 1.807) is 4.90 Å². The number of likely N-dealkylation sites (tertiary alicyclic amines) is 1. The molecule has 0 aromatic carbocycles. The molecular formula is C17H29N3O2. The summed E-state index contributed by atoms with van der Waals surface area (Å²) in [6.45, 7) is 4.04. The molecule has 0 bridgehead atoms. The predicted octanol–water partition coefficient (Wildman–Crippen LogP) is 2.73. The van der Waals surface area contributed by atoms with Crippen molar-refractivity contribution in [3.05, 3.63) is 11.8 Å². The van der Waals surface area contributed by atoms with Crippen LogP contribution in [0.25, 0.3) is 0 Å². The number of hydrogen-bond acceptors (Lipinski definition) is 2. The van der Waals surface area contributed by atoms with Gasteiger partial charge in [0.25, 0.3) is 0 Å². The van der Waals surface area contributed by atoms with Crippen molar-refractivity contribution in [3.8, 4) is 0 Å². The average Bonchev–Trinajstić information content (AvgIpc) is 2.54. The molecular weight excluding hydrogens is 278 g/mol. The van der Waals surface area contributed by atoms with E-state index in [2.05, 4.69) is 18.3 Å². The van der Waals surface area contributed by atoms with E-state index in [4.69, 9.17) is 0 Å². The van der Waals surface area contributed by atoms with Crippen LogP contribution in [0.2, 0.25) is 0 Å². The number of allylic oxidation sites excluding steroid dienone is 2. The van der Waals surface area contributed by atoms with Crippen LogP contribution < -0.4 is 5.32 Å². The Kier molecular flexibility index (Phi) is 6.28. The molecule has 1 fully saturated rings. The lowest BCUT2D eigenvalue weighted by molar-refractivity contribution is -0.129. The molecule has 1 atom stereocenters. The molecule has 5 heteroatoms. The van der Waals surface area contributed by atoms with Gasteiger partial charge in [0.05, 0.1) is 0 Å². The van der Waals surface area contributed by atoms with E-state index in [0.717, 1.165) is 32.4 Å². The predicted molar refractivity (Wildman–Crippen MR) is 87.3 cm³/mol. The minimum Gasteiger partial charge on any atom is -0.346 e. The fourth-order valence-corrected chi connectivity index (χ4v) is 3.42. The SMILES string of the molecule is CCCN(C)C(=O)CCNC(=O)N1CCCC2CCCC=C21. The Morgan fingerprint density at radius 1 is 1.36 bits per heavy atom. The third kappa shape index (κ3) is 4.24. The number of rotatable bonds is 5. The fraction of sp³-hybridized carbons (Fsp3) is 0.765. The number of amides is 3. The highest BCUT2D eigenvalue weighted by molar-refractivity contribution is 5.79. The summed E-state index contributed by atoms with van der Waals surface area (Å²) in [7, 11) is 1.82. The Hall–Kier alpha value is -1.52. The number of urea groups is 1. The topological polar surface area (TPSA) is 52.7 Å². The van der Waals surface area contributed by atoms with Crippen molar-refractivity contribution in [2.24, 2.45) is 5.92 Å². The lowest BCUT2D eigenvalue weighted by Crippen LogP contribution is -2.45. The molecule has 1 N–H and O–H groups in total. The molecule has 1 aliphatic heterocycles. The lowest BCUT2D eigenvalue weighted by atomic mass is 9.85. The van der Waals surface area contributed by atoms with Crippen LogP contribution in [0, 0.1) is 5.92 Å². The van der Waals surface area contributed by atoms with Crippen LogP contribution in [0.4, 0.5) is 4.79 Å². The molecule has 2 aliphatic rings. The van der Waals surface area contributed by atoms with E-state index in [-0.39, 0.29) is 11.9 Å². The molecule has 1 heterocycles. The van der Waals surface area contributed by atoms with Gasteiger partial charge in [0.15, 0.2) is 0 Å². The number of nitrogens with one attached hydrogen (secondary N) is 1. The Balaban J connectivity index is 1.79. The number of nitrogens with zero attached hydrogens (tertiary/aromatic N) is 2. The van der Waals surface area contributed by atoms with E-state index in [9.17, 15) is 9.59 Å². The molecule has 124 valence electrons. The summed E-state index contributed by atoms with van der Waals surface area (Å²) < 4.78 is 0. The van der Waals surface area contributed by atoms with Gasteiger partial charge in [-0.25, -0.2) is 4.79 Å². The van der Waals surface area contributed by atoms with E-state index < -0.39 is 0 Å². The normalized spacial score (nSPS) is 20.9. The smallest absolute Gasteiger partial charge is 0.321 e. The zero-order valence-corrected chi connectivity index (χ0v) is 13.9. The summed E-state index contributed by atoms with van der Waals surface area (Å²) >= 11 is 0. The minimum absolute atomic E-state index is 0.0382. The van der Waals surface area contributed by atoms with Crippen LogP contribution in [0.3, 0.4) is 0 Å². The second-order valence-corrected chi connectivity index (χ2v) is 6.35. The van der Waals surface area contributed by atoms with Crippen molar-refractivity contribution in [1.82, 2.24) is 15.1 Å². The highest BCUT2D eigenvalue weighted by atomic mass is 16.2. The first kappa shape index (κ1) is 16.8. The van der Waals surface area contributed by atoms with Crippen LogP contribution >= 0.6 is 0 Å². The Bertz CT molecular complexity index is 434. The third-order valence-corrected chi connectivity index (χ3v) is 4.62. The first-order chi connectivity index (χ1) is 10.6. The Morgan fingerprint density at radius 3 is 2.91 bits per heavy atom. The van der Waals surface area contributed by atoms with E-state index in [1.165, 1.54) is 25.0 Å². The number of fused-ring (bicyclic) bond motifs is 1. The maximum absolute atomic E-state index is 12.4. The van der Waals surface area contributed by atoms with Gasteiger partial charge in [-0.2, -0.15) is 0 Å². The van der Waals surface area contributed by atoms with Gasteiger partial charge in [0, 0.05) is 38.8 Å². The molecule has 22 heavy (non-hydrogen) atoms. The van der Waals surface area contributed by atoms with Gasteiger partial charge in [-0.15, -0.1) is 0 Å². The Morgan fingerprint density at radius 2 is 2.14 bits per heavy atom. The zero-order valence-electron chi connectivity index (χ0n) is 13.9. The highest BCUT2D eigenvalue weighted by Gasteiger charge is 2.30. The second-order valence-electron chi connectivity index (χ2n) is 6.35. The summed E-state index contributed by atoms with van der Waals surface area (Å²) in [5, 5.41) is 2.91. The van der Waals surface area contributed by atoms with Crippen molar-refractivity contribution in [3.63, 3.8) is 0 Å². The van der Waals surface area contributed by atoms with E-state index >= 15 is 0 Å². The van der Waals surface area contributed by atoms with Gasteiger partial charge in [-0.05, 0) is 44.4 Å². The standard InChI is InChI=1S/C17H29N3O2/c1-3-12-19(2)16(21)10-11-18-17(22)20-13-6-8-14-7-4-5-9-15(14)20/h9,14H,3-8,10-13H2,1-2H3,(H,18,22). The first-order valence-corrected chi connectivity index (χ1v) is 8.63. The van der Waals surface area contributed by atoms with Crippen LogP contribution in [0.15, 0.2) is 11.8 Å². The molecule has 1 unspecified atom stereocenters. The van der Waals surface area contributed by atoms with E-state index in [0.29, 0.717) is 18.9 Å². The number of hydrogen-bond donors (Lipinski definition) is 1. The maximum atomic E-state index is 12.4. The Labute approximate surface area is 133 Å². The zero-order chi connectivity index (χ0) is 15.9. The van der Waals surface area contributed by atoms with Crippen molar-refractivity contribution < 1.29 is 9.59 Å². The second kappa shape index (κ2) is 8.20. The molecule has 0 radical (unpaired) electrons. The number of piperidine rings is 1. The van der Waals surface area contributed by atoms with Crippen LogP contribution in [-0.2, 0) is 4.79 Å². The summed E-state index contributed by atoms with van der Waals surface area (Å²) in [5.41, 5.74) is 1.21. The molecule has 0 spiro atoms. The lowest BCUT2D eigenvalue weighted by Gasteiger charge is -2.37. The van der Waals surface area contributed by atoms with Crippen molar-refractivity contribution in [2.75, 3.05) is 26.7 Å².